The molecule has 9 heteroatoms. The molecule has 0 amide bonds. The average Bonchev–Trinajstić information content (AvgIpc) is 3.20. The number of nitrogens with one attached hydrogen (secondary N) is 2. The molecule has 0 spiro atoms. The molecule has 8 nitrogen and oxygen atoms in total. The first kappa shape index (κ1) is 18.7. The molecule has 1 unspecified atom stereocenters. The van der Waals surface area contributed by atoms with Crippen LogP contribution in [-0.2, 0) is 30.9 Å². The van der Waals surface area contributed by atoms with E-state index in [-0.39, 0.29) is 30.0 Å². The molecule has 0 fully saturated rings. The molecule has 1 aliphatic rings. The summed E-state index contributed by atoms with van der Waals surface area (Å²) in [5.74, 6) is 2.54. The van der Waals surface area contributed by atoms with Gasteiger partial charge in [0.05, 0.1) is 19.1 Å². The summed E-state index contributed by atoms with van der Waals surface area (Å²) in [4.78, 5) is 8.76. The fourth-order valence-corrected chi connectivity index (χ4v) is 2.64. The molecule has 2 aromatic heterocycles. The largest absolute Gasteiger partial charge is 0.472 e. The molecule has 0 aromatic carbocycles. The number of hydrogen-bond acceptors (Lipinski definition) is 5. The predicted octanol–water partition coefficient (Wildman–Crippen LogP) is 1.32. The van der Waals surface area contributed by atoms with Gasteiger partial charge in [-0.3, -0.25) is 4.99 Å². The van der Waals surface area contributed by atoms with Crippen molar-refractivity contribution >= 4 is 29.9 Å². The monoisotopic (exact) mass is 446 g/mol. The minimum Gasteiger partial charge on any atom is -0.472 e. The summed E-state index contributed by atoms with van der Waals surface area (Å²) in [7, 11) is 3.42. The highest BCUT2D eigenvalue weighted by Gasteiger charge is 2.22. The number of rotatable bonds is 5. The number of nitrogens with zero attached hydrogens (tertiary/aromatic N) is 4. The summed E-state index contributed by atoms with van der Waals surface area (Å²) in [6.07, 6.45) is 5.28. The van der Waals surface area contributed by atoms with Crippen LogP contribution in [0, 0.1) is 0 Å². The highest BCUT2D eigenvalue weighted by atomic mass is 127. The molecule has 0 bridgehead atoms. The Bertz CT molecular complexity index is 655. The molecule has 2 aromatic rings. The van der Waals surface area contributed by atoms with Gasteiger partial charge in [-0.25, -0.2) is 9.67 Å². The third-order valence-electron chi connectivity index (χ3n) is 3.78. The smallest absolute Gasteiger partial charge is 0.191 e. The fourth-order valence-electron chi connectivity index (χ4n) is 2.64. The van der Waals surface area contributed by atoms with E-state index in [1.165, 1.54) is 0 Å². The number of methoxy groups -OCH3 is 1. The lowest BCUT2D eigenvalue weighted by Crippen LogP contribution is -2.46. The number of guanidine groups is 1. The minimum absolute atomic E-state index is 0. The summed E-state index contributed by atoms with van der Waals surface area (Å²) in [6, 6.07) is 2.20. The van der Waals surface area contributed by atoms with Gasteiger partial charge in [-0.2, -0.15) is 5.10 Å². The first-order chi connectivity index (χ1) is 11.3. The second kappa shape index (κ2) is 9.02. The van der Waals surface area contributed by atoms with E-state index in [0.29, 0.717) is 13.2 Å². The molecule has 0 radical (unpaired) electrons. The fraction of sp³-hybridized carbons (Fsp3) is 0.533. The van der Waals surface area contributed by atoms with Gasteiger partial charge in [0.15, 0.2) is 11.8 Å². The highest BCUT2D eigenvalue weighted by molar-refractivity contribution is 14.0. The molecular formula is C15H23IN6O2. The van der Waals surface area contributed by atoms with E-state index in [0.717, 1.165) is 42.6 Å². The number of aromatic nitrogens is 3. The van der Waals surface area contributed by atoms with Crippen molar-refractivity contribution < 1.29 is 9.15 Å². The van der Waals surface area contributed by atoms with Crippen LogP contribution in [0.5, 0.6) is 0 Å². The molecule has 1 aliphatic heterocycles. The molecular weight excluding hydrogens is 423 g/mol. The van der Waals surface area contributed by atoms with E-state index >= 15 is 0 Å². The standard InChI is InChI=1S/C15H22N6O2.HI/c1-16-15(17-7-11-5-6-23-9-11)18-12-3-4-14-19-13(10-22-2)20-21(14)8-12;/h5-6,9,12H,3-4,7-8,10H2,1-2H3,(H2,16,17,18);1H. The van der Waals surface area contributed by atoms with Crippen LogP contribution in [0.4, 0.5) is 0 Å². The molecule has 0 aliphatic carbocycles. The lowest BCUT2D eigenvalue weighted by Gasteiger charge is -2.25. The van der Waals surface area contributed by atoms with E-state index in [1.807, 2.05) is 10.7 Å². The maximum absolute atomic E-state index is 5.09. The zero-order valence-corrected chi connectivity index (χ0v) is 16.2. The van der Waals surface area contributed by atoms with Crippen LogP contribution in [-0.4, -0.2) is 40.9 Å². The number of furan rings is 1. The highest BCUT2D eigenvalue weighted by Crippen LogP contribution is 2.13. The zero-order chi connectivity index (χ0) is 16.1. The Morgan fingerprint density at radius 3 is 3.12 bits per heavy atom. The Balaban J connectivity index is 0.00000208. The van der Waals surface area contributed by atoms with Gasteiger partial charge in [0.2, 0.25) is 0 Å². The van der Waals surface area contributed by atoms with Crippen molar-refractivity contribution in [2.45, 2.75) is 38.6 Å². The number of aryl methyl sites for hydroxylation is 1. The lowest BCUT2D eigenvalue weighted by atomic mass is 10.1. The minimum atomic E-state index is 0. The van der Waals surface area contributed by atoms with Gasteiger partial charge in [-0.05, 0) is 12.5 Å². The van der Waals surface area contributed by atoms with E-state index < -0.39 is 0 Å². The second-order valence-electron chi connectivity index (χ2n) is 5.50. The van der Waals surface area contributed by atoms with Gasteiger partial charge in [0.1, 0.15) is 12.4 Å². The Morgan fingerprint density at radius 1 is 1.54 bits per heavy atom. The molecule has 2 N–H and O–H groups in total. The maximum Gasteiger partial charge on any atom is 0.191 e. The second-order valence-corrected chi connectivity index (χ2v) is 5.50. The van der Waals surface area contributed by atoms with Crippen LogP contribution in [0.2, 0.25) is 0 Å². The van der Waals surface area contributed by atoms with Crippen LogP contribution in [0.1, 0.15) is 23.6 Å². The van der Waals surface area contributed by atoms with Crippen molar-refractivity contribution in [3.8, 4) is 0 Å². The SMILES string of the molecule is CN=C(NCc1ccoc1)NC1CCc2nc(COC)nn2C1.I. The maximum atomic E-state index is 5.09. The van der Waals surface area contributed by atoms with E-state index in [4.69, 9.17) is 9.15 Å². The summed E-state index contributed by atoms with van der Waals surface area (Å²) in [5.41, 5.74) is 1.08. The Kier molecular flexibility index (Phi) is 7.03. The third-order valence-corrected chi connectivity index (χ3v) is 3.78. The van der Waals surface area contributed by atoms with Crippen molar-refractivity contribution in [3.63, 3.8) is 0 Å². The van der Waals surface area contributed by atoms with Crippen molar-refractivity contribution in [2.75, 3.05) is 14.2 Å². The van der Waals surface area contributed by atoms with Crippen molar-refractivity contribution in [3.05, 3.63) is 35.8 Å². The van der Waals surface area contributed by atoms with Crippen LogP contribution < -0.4 is 10.6 Å². The first-order valence-corrected chi connectivity index (χ1v) is 7.68. The van der Waals surface area contributed by atoms with Gasteiger partial charge in [0.25, 0.3) is 0 Å². The third kappa shape index (κ3) is 4.69. The topological polar surface area (TPSA) is 89.5 Å². The number of halogens is 1. The van der Waals surface area contributed by atoms with Crippen molar-refractivity contribution in [1.82, 2.24) is 25.4 Å². The lowest BCUT2D eigenvalue weighted by molar-refractivity contribution is 0.177. The molecule has 1 atom stereocenters. The summed E-state index contributed by atoms with van der Waals surface area (Å²) in [6.45, 7) is 1.90. The van der Waals surface area contributed by atoms with E-state index in [2.05, 4.69) is 25.7 Å². The number of hydrogen-bond donors (Lipinski definition) is 2. The van der Waals surface area contributed by atoms with Crippen LogP contribution >= 0.6 is 24.0 Å². The van der Waals surface area contributed by atoms with E-state index in [9.17, 15) is 0 Å². The molecule has 132 valence electrons. The van der Waals surface area contributed by atoms with Gasteiger partial charge in [0, 0.05) is 38.7 Å². The average molecular weight is 446 g/mol. The summed E-state index contributed by atoms with van der Waals surface area (Å²) < 4.78 is 12.1. The quantitative estimate of drug-likeness (QED) is 0.409. The summed E-state index contributed by atoms with van der Waals surface area (Å²) in [5, 5.41) is 11.2. The molecule has 24 heavy (non-hydrogen) atoms. The van der Waals surface area contributed by atoms with Crippen LogP contribution in [0.3, 0.4) is 0 Å². The molecule has 0 saturated carbocycles. The Morgan fingerprint density at radius 2 is 2.42 bits per heavy atom. The summed E-state index contributed by atoms with van der Waals surface area (Å²) >= 11 is 0. The van der Waals surface area contributed by atoms with Gasteiger partial charge in [-0.1, -0.05) is 0 Å². The van der Waals surface area contributed by atoms with Crippen LogP contribution in [0.15, 0.2) is 28.0 Å². The molecule has 0 saturated heterocycles. The zero-order valence-electron chi connectivity index (χ0n) is 13.9. The Labute approximate surface area is 158 Å². The molecule has 3 heterocycles. The number of fused-ring (bicyclic) bond motifs is 1. The van der Waals surface area contributed by atoms with Gasteiger partial charge in [-0.15, -0.1) is 24.0 Å². The van der Waals surface area contributed by atoms with Gasteiger partial charge >= 0.3 is 0 Å². The van der Waals surface area contributed by atoms with E-state index in [1.54, 1.807) is 26.7 Å². The van der Waals surface area contributed by atoms with Crippen LogP contribution in [0.25, 0.3) is 0 Å². The number of ether oxygens (including phenoxy) is 1. The van der Waals surface area contributed by atoms with Crippen molar-refractivity contribution in [2.24, 2.45) is 4.99 Å². The molecule has 3 rings (SSSR count). The van der Waals surface area contributed by atoms with Crippen molar-refractivity contribution in [1.29, 1.82) is 0 Å². The first-order valence-electron chi connectivity index (χ1n) is 7.68. The van der Waals surface area contributed by atoms with Gasteiger partial charge < -0.3 is 19.8 Å². The Hall–Kier alpha value is -1.62. The normalized spacial score (nSPS) is 17.1. The number of aliphatic imine (C=N–C) groups is 1. The predicted molar refractivity (Wildman–Crippen MR) is 100 cm³/mol.